The summed E-state index contributed by atoms with van der Waals surface area (Å²) in [5.74, 6) is 0.604. The van der Waals surface area contributed by atoms with Gasteiger partial charge in [0.25, 0.3) is 0 Å². The van der Waals surface area contributed by atoms with Crippen LogP contribution < -0.4 is 4.74 Å². The smallest absolute Gasteiger partial charge is 0.337 e. The third-order valence-electron chi connectivity index (χ3n) is 8.78. The van der Waals surface area contributed by atoms with Crippen molar-refractivity contribution in [2.45, 2.75) is 64.8 Å². The molecule has 236 valence electrons. The number of hydrogen-bond donors (Lipinski definition) is 0. The molecule has 0 saturated carbocycles. The van der Waals surface area contributed by atoms with Crippen LogP contribution in [0.5, 0.6) is 5.88 Å². The highest BCUT2D eigenvalue weighted by atomic mass is 19.1. The van der Waals surface area contributed by atoms with Crippen LogP contribution in [-0.2, 0) is 29.2 Å². The summed E-state index contributed by atoms with van der Waals surface area (Å²) >= 11 is 0. The van der Waals surface area contributed by atoms with Crippen LogP contribution in [0, 0.1) is 11.7 Å². The van der Waals surface area contributed by atoms with Crippen molar-refractivity contribution in [1.29, 1.82) is 0 Å². The molecule has 2 saturated heterocycles. The first-order valence-corrected chi connectivity index (χ1v) is 15.6. The van der Waals surface area contributed by atoms with Crippen LogP contribution in [0.15, 0.2) is 54.6 Å². The number of ether oxygens (including phenoxy) is 3. The van der Waals surface area contributed by atoms with Gasteiger partial charge in [-0.25, -0.2) is 19.2 Å². The SMILES string of the molecule is COC(=O)c1ccc2nc(CN3CCC(c4cccc(OCc5ccc(C(=O)C(C)C)cc5F)n4)CC3)n(C[C@@H]3CCO3)c2c1. The van der Waals surface area contributed by atoms with Crippen LogP contribution in [0.2, 0.25) is 0 Å². The summed E-state index contributed by atoms with van der Waals surface area (Å²) in [6.45, 7) is 7.59. The second-order valence-corrected chi connectivity index (χ2v) is 12.2. The van der Waals surface area contributed by atoms with E-state index in [1.807, 2.05) is 24.3 Å². The zero-order chi connectivity index (χ0) is 31.5. The fourth-order valence-corrected chi connectivity index (χ4v) is 6.00. The Balaban J connectivity index is 1.09. The van der Waals surface area contributed by atoms with Gasteiger partial charge in [-0.2, -0.15) is 0 Å². The van der Waals surface area contributed by atoms with Gasteiger partial charge in [0.1, 0.15) is 18.2 Å². The molecular weight excluding hydrogens is 575 g/mol. The van der Waals surface area contributed by atoms with E-state index >= 15 is 0 Å². The molecule has 6 rings (SSSR count). The minimum absolute atomic E-state index is 0.0326. The number of aromatic nitrogens is 3. The summed E-state index contributed by atoms with van der Waals surface area (Å²) in [6, 6.07) is 15.8. The van der Waals surface area contributed by atoms with Crippen LogP contribution in [0.25, 0.3) is 11.0 Å². The van der Waals surface area contributed by atoms with E-state index in [-0.39, 0.29) is 36.3 Å². The Morgan fingerprint density at radius 1 is 1.02 bits per heavy atom. The van der Waals surface area contributed by atoms with Crippen molar-refractivity contribution in [2.75, 3.05) is 26.8 Å². The zero-order valence-electron chi connectivity index (χ0n) is 26.0. The number of piperidine rings is 1. The predicted octanol–water partition coefficient (Wildman–Crippen LogP) is 5.94. The van der Waals surface area contributed by atoms with Gasteiger partial charge in [0.05, 0.1) is 42.9 Å². The third kappa shape index (κ3) is 6.92. The molecule has 2 fully saturated rings. The Bertz CT molecular complexity index is 1690. The van der Waals surface area contributed by atoms with E-state index in [2.05, 4.69) is 9.47 Å². The van der Waals surface area contributed by atoms with Gasteiger partial charge in [0.2, 0.25) is 5.88 Å². The molecule has 0 aliphatic carbocycles. The Kier molecular flexibility index (Phi) is 9.23. The van der Waals surface area contributed by atoms with E-state index in [1.54, 1.807) is 38.1 Å². The number of imidazole rings is 1. The molecule has 10 heteroatoms. The number of Topliss-reactive ketones (excluding diaryl/α,β-unsaturated/α-hetero) is 1. The molecule has 0 N–H and O–H groups in total. The van der Waals surface area contributed by atoms with Crippen LogP contribution >= 0.6 is 0 Å². The number of benzene rings is 2. The van der Waals surface area contributed by atoms with E-state index < -0.39 is 5.82 Å². The lowest BCUT2D eigenvalue weighted by molar-refractivity contribution is -0.0592. The van der Waals surface area contributed by atoms with Gasteiger partial charge in [-0.1, -0.05) is 32.0 Å². The number of esters is 1. The maximum Gasteiger partial charge on any atom is 0.337 e. The number of fused-ring (bicyclic) bond motifs is 1. The second kappa shape index (κ2) is 13.5. The minimum Gasteiger partial charge on any atom is -0.473 e. The monoisotopic (exact) mass is 614 g/mol. The molecular formula is C35H39FN4O5. The summed E-state index contributed by atoms with van der Waals surface area (Å²) in [5.41, 5.74) is 4.00. The van der Waals surface area contributed by atoms with Crippen molar-refractivity contribution in [3.63, 3.8) is 0 Å². The maximum absolute atomic E-state index is 14.7. The lowest BCUT2D eigenvalue weighted by Crippen LogP contribution is -2.35. The Morgan fingerprint density at radius 3 is 2.49 bits per heavy atom. The molecule has 9 nitrogen and oxygen atoms in total. The standard InChI is InChI=1S/C35H39FN4O5/c1-22(2)34(41)24-7-8-26(28(36)17-24)21-45-33-6-4-5-29(38-33)23-11-14-39(15-12-23)20-32-37-30-10-9-25(35(42)43-3)18-31(30)40(32)19-27-13-16-44-27/h4-10,17-18,22-23,27H,11-16,19-21H2,1-3H3/t27-/m0/s1. The summed E-state index contributed by atoms with van der Waals surface area (Å²) < 4.78 is 33.4. The van der Waals surface area contributed by atoms with Crippen molar-refractivity contribution in [3.8, 4) is 5.88 Å². The van der Waals surface area contributed by atoms with Crippen LogP contribution in [0.4, 0.5) is 4.39 Å². The average Bonchev–Trinajstić information content (AvgIpc) is 3.37. The Labute approximate surface area is 262 Å². The van der Waals surface area contributed by atoms with Gasteiger partial charge in [-0.15, -0.1) is 0 Å². The summed E-state index contributed by atoms with van der Waals surface area (Å²) in [7, 11) is 1.39. The van der Waals surface area contributed by atoms with Crippen molar-refractivity contribution in [1.82, 2.24) is 19.4 Å². The van der Waals surface area contributed by atoms with Crippen LogP contribution in [0.3, 0.4) is 0 Å². The first kappa shape index (κ1) is 30.9. The third-order valence-corrected chi connectivity index (χ3v) is 8.78. The number of carbonyl (C=O) groups excluding carboxylic acids is 2. The molecule has 2 aromatic heterocycles. The lowest BCUT2D eigenvalue weighted by atomic mass is 9.93. The molecule has 0 radical (unpaired) electrons. The highest BCUT2D eigenvalue weighted by Crippen LogP contribution is 2.30. The topological polar surface area (TPSA) is 95.8 Å². The van der Waals surface area contributed by atoms with Gasteiger partial charge in [0.15, 0.2) is 5.78 Å². The van der Waals surface area contributed by atoms with Gasteiger partial charge >= 0.3 is 5.97 Å². The highest BCUT2D eigenvalue weighted by Gasteiger charge is 2.26. The number of rotatable bonds is 11. The number of halogens is 1. The molecule has 0 spiro atoms. The largest absolute Gasteiger partial charge is 0.473 e. The molecule has 2 aliphatic rings. The normalized spacial score (nSPS) is 17.4. The summed E-state index contributed by atoms with van der Waals surface area (Å²) in [4.78, 5) is 36.5. The fraction of sp³-hybridized carbons (Fsp3) is 0.429. The molecule has 45 heavy (non-hydrogen) atoms. The Hall–Kier alpha value is -4.15. The molecule has 2 aliphatic heterocycles. The quantitative estimate of drug-likeness (QED) is 0.151. The number of methoxy groups -OCH3 is 1. The summed E-state index contributed by atoms with van der Waals surface area (Å²) in [6.07, 6.45) is 3.04. The van der Waals surface area contributed by atoms with Crippen molar-refractivity contribution < 1.29 is 28.2 Å². The van der Waals surface area contributed by atoms with Crippen molar-refractivity contribution >= 4 is 22.8 Å². The zero-order valence-corrected chi connectivity index (χ0v) is 26.0. The maximum atomic E-state index is 14.7. The van der Waals surface area contributed by atoms with Crippen LogP contribution in [-0.4, -0.2) is 64.1 Å². The number of likely N-dealkylation sites (tertiary alicyclic amines) is 1. The van der Waals surface area contributed by atoms with Gasteiger partial charge in [-0.05, 0) is 62.7 Å². The number of carbonyl (C=O) groups is 2. The molecule has 0 amide bonds. The van der Waals surface area contributed by atoms with E-state index in [1.165, 1.54) is 13.2 Å². The lowest BCUT2D eigenvalue weighted by Gasteiger charge is -2.32. The number of hydrogen-bond acceptors (Lipinski definition) is 8. The highest BCUT2D eigenvalue weighted by molar-refractivity contribution is 5.97. The Morgan fingerprint density at radius 2 is 1.80 bits per heavy atom. The molecule has 4 aromatic rings. The predicted molar refractivity (Wildman–Crippen MR) is 167 cm³/mol. The van der Waals surface area contributed by atoms with Crippen LogP contribution in [0.1, 0.15) is 76.8 Å². The number of ketones is 1. The van der Waals surface area contributed by atoms with E-state index in [0.29, 0.717) is 35.7 Å². The minimum atomic E-state index is -0.456. The molecule has 1 atom stereocenters. The van der Waals surface area contributed by atoms with E-state index in [0.717, 1.165) is 61.5 Å². The average molecular weight is 615 g/mol. The van der Waals surface area contributed by atoms with Gasteiger partial charge < -0.3 is 18.8 Å². The molecule has 0 unspecified atom stereocenters. The first-order valence-electron chi connectivity index (χ1n) is 15.6. The number of nitrogens with zero attached hydrogens (tertiary/aromatic N) is 4. The first-order chi connectivity index (χ1) is 21.8. The summed E-state index contributed by atoms with van der Waals surface area (Å²) in [5, 5.41) is 0. The molecule has 2 aromatic carbocycles. The van der Waals surface area contributed by atoms with E-state index in [4.69, 9.17) is 24.2 Å². The second-order valence-electron chi connectivity index (χ2n) is 12.2. The van der Waals surface area contributed by atoms with Crippen molar-refractivity contribution in [2.24, 2.45) is 5.92 Å². The van der Waals surface area contributed by atoms with Gasteiger partial charge in [-0.3, -0.25) is 9.69 Å². The number of pyridine rings is 1. The van der Waals surface area contributed by atoms with Crippen molar-refractivity contribution in [3.05, 3.63) is 88.6 Å². The van der Waals surface area contributed by atoms with Gasteiger partial charge in [0, 0.05) is 41.3 Å². The fourth-order valence-electron chi connectivity index (χ4n) is 6.00. The van der Waals surface area contributed by atoms with E-state index in [9.17, 15) is 14.0 Å². The molecule has 4 heterocycles. The molecule has 0 bridgehead atoms.